The highest BCUT2D eigenvalue weighted by molar-refractivity contribution is 6.04. The average molecular weight is 450 g/mol. The number of likely N-dealkylation sites (N-methyl/N-ethyl adjacent to an activating group) is 1. The van der Waals surface area contributed by atoms with Crippen LogP contribution in [0.3, 0.4) is 0 Å². The number of hydrogen-bond acceptors (Lipinski definition) is 7. The van der Waals surface area contributed by atoms with Gasteiger partial charge in [-0.1, -0.05) is 0 Å². The molecule has 1 unspecified atom stereocenters. The van der Waals surface area contributed by atoms with Crippen molar-refractivity contribution >= 4 is 34.6 Å². The number of nitrogens with one attached hydrogen (secondary N) is 1. The Morgan fingerprint density at radius 3 is 2.42 bits per heavy atom. The first-order valence-corrected chi connectivity index (χ1v) is 11.9. The second kappa shape index (κ2) is 7.88. The summed E-state index contributed by atoms with van der Waals surface area (Å²) in [5.41, 5.74) is 3.51. The fourth-order valence-corrected chi connectivity index (χ4v) is 5.54. The lowest BCUT2D eigenvalue weighted by Gasteiger charge is -2.56. The summed E-state index contributed by atoms with van der Waals surface area (Å²) in [6.07, 6.45) is 1.82. The van der Waals surface area contributed by atoms with Crippen molar-refractivity contribution in [2.45, 2.75) is 31.8 Å². The third kappa shape index (κ3) is 3.52. The van der Waals surface area contributed by atoms with Crippen LogP contribution in [0, 0.1) is 5.41 Å². The van der Waals surface area contributed by atoms with Crippen LogP contribution in [0.25, 0.3) is 0 Å². The number of pyridine rings is 1. The standard InChI is InChI=1S/C25H31N5O3/c1-17-24(31)28(2)21-7-8-22(27-23(21)30(17)20-9-11-32-12-10-20)26-18-3-5-19(6-4-18)29-13-25(14-29)15-33-16-25/h3-8,17,20H,9-16H2,1-2H3,(H,26,27). The molecule has 8 heteroatoms. The van der Waals surface area contributed by atoms with Gasteiger partial charge in [-0.25, -0.2) is 4.98 Å². The molecule has 1 atom stereocenters. The molecule has 0 radical (unpaired) electrons. The Bertz CT molecular complexity index is 1040. The number of aromatic nitrogens is 1. The predicted octanol–water partition coefficient (Wildman–Crippen LogP) is 3.01. The van der Waals surface area contributed by atoms with Gasteiger partial charge in [0.05, 0.1) is 24.3 Å². The Balaban J connectivity index is 1.22. The fourth-order valence-electron chi connectivity index (χ4n) is 5.54. The molecular weight excluding hydrogens is 418 g/mol. The van der Waals surface area contributed by atoms with Gasteiger partial charge in [0, 0.05) is 50.8 Å². The van der Waals surface area contributed by atoms with Crippen molar-refractivity contribution in [2.75, 3.05) is 66.6 Å². The lowest BCUT2D eigenvalue weighted by Crippen LogP contribution is -2.66. The van der Waals surface area contributed by atoms with Gasteiger partial charge in [-0.05, 0) is 56.2 Å². The lowest BCUT2D eigenvalue weighted by molar-refractivity contribution is -0.127. The van der Waals surface area contributed by atoms with Crippen LogP contribution in [0.5, 0.6) is 0 Å². The quantitative estimate of drug-likeness (QED) is 0.769. The van der Waals surface area contributed by atoms with E-state index in [1.54, 1.807) is 4.90 Å². The van der Waals surface area contributed by atoms with Crippen molar-refractivity contribution in [2.24, 2.45) is 5.41 Å². The van der Waals surface area contributed by atoms with Gasteiger partial charge in [-0.3, -0.25) is 4.79 Å². The highest BCUT2D eigenvalue weighted by Gasteiger charge is 2.49. The van der Waals surface area contributed by atoms with Gasteiger partial charge in [0.2, 0.25) is 5.91 Å². The molecule has 1 amide bonds. The summed E-state index contributed by atoms with van der Waals surface area (Å²) in [4.78, 5) is 24.2. The number of fused-ring (bicyclic) bond motifs is 1. The van der Waals surface area contributed by atoms with E-state index in [0.717, 1.165) is 75.4 Å². The highest BCUT2D eigenvalue weighted by Crippen LogP contribution is 2.41. The molecule has 3 fully saturated rings. The molecule has 0 aliphatic carbocycles. The van der Waals surface area contributed by atoms with E-state index < -0.39 is 0 Å². The Morgan fingerprint density at radius 2 is 1.76 bits per heavy atom. The molecule has 4 aliphatic heterocycles. The molecule has 3 saturated heterocycles. The van der Waals surface area contributed by atoms with Gasteiger partial charge in [-0.15, -0.1) is 0 Å². The van der Waals surface area contributed by atoms with Crippen LogP contribution in [-0.2, 0) is 14.3 Å². The topological polar surface area (TPSA) is 70.2 Å². The Kier molecular flexibility index (Phi) is 4.96. The normalized spacial score (nSPS) is 24.4. The maximum atomic E-state index is 12.9. The first-order valence-electron chi connectivity index (χ1n) is 11.9. The minimum absolute atomic E-state index is 0.105. The molecule has 0 bridgehead atoms. The molecular formula is C25H31N5O3. The molecule has 174 valence electrons. The second-order valence-electron chi connectivity index (χ2n) is 9.88. The first-order chi connectivity index (χ1) is 16.0. The van der Waals surface area contributed by atoms with E-state index in [-0.39, 0.29) is 18.0 Å². The van der Waals surface area contributed by atoms with E-state index in [1.807, 2.05) is 26.1 Å². The van der Waals surface area contributed by atoms with E-state index >= 15 is 0 Å². The number of nitrogens with zero attached hydrogens (tertiary/aromatic N) is 4. The summed E-state index contributed by atoms with van der Waals surface area (Å²) in [5, 5.41) is 3.45. The summed E-state index contributed by atoms with van der Waals surface area (Å²) in [7, 11) is 1.84. The molecule has 1 N–H and O–H groups in total. The molecule has 4 aliphatic rings. The first kappa shape index (κ1) is 20.7. The zero-order valence-electron chi connectivity index (χ0n) is 19.3. The number of anilines is 5. The Morgan fingerprint density at radius 1 is 1.03 bits per heavy atom. The summed E-state index contributed by atoms with van der Waals surface area (Å²) in [6, 6.07) is 12.5. The lowest BCUT2D eigenvalue weighted by atomic mass is 9.78. The van der Waals surface area contributed by atoms with E-state index in [2.05, 4.69) is 39.4 Å². The van der Waals surface area contributed by atoms with Gasteiger partial charge in [0.1, 0.15) is 11.9 Å². The van der Waals surface area contributed by atoms with Crippen LogP contribution in [0.4, 0.5) is 28.7 Å². The molecule has 5 heterocycles. The zero-order valence-corrected chi connectivity index (χ0v) is 19.3. The molecule has 1 spiro atoms. The summed E-state index contributed by atoms with van der Waals surface area (Å²) in [6.45, 7) is 7.39. The average Bonchev–Trinajstić information content (AvgIpc) is 2.78. The third-order valence-corrected chi connectivity index (χ3v) is 7.52. The highest BCUT2D eigenvalue weighted by atomic mass is 16.5. The van der Waals surface area contributed by atoms with Crippen molar-refractivity contribution in [1.29, 1.82) is 0 Å². The molecule has 1 aromatic heterocycles. The molecule has 6 rings (SSSR count). The zero-order chi connectivity index (χ0) is 22.6. The molecule has 33 heavy (non-hydrogen) atoms. The Hall–Kier alpha value is -2.84. The largest absolute Gasteiger partial charge is 0.381 e. The third-order valence-electron chi connectivity index (χ3n) is 7.52. The minimum atomic E-state index is -0.242. The van der Waals surface area contributed by atoms with E-state index in [9.17, 15) is 4.79 Å². The van der Waals surface area contributed by atoms with Crippen LogP contribution in [0.15, 0.2) is 36.4 Å². The van der Waals surface area contributed by atoms with Crippen molar-refractivity contribution in [3.63, 3.8) is 0 Å². The predicted molar refractivity (Wildman–Crippen MR) is 129 cm³/mol. The molecule has 1 aromatic carbocycles. The number of carbonyl (C=O) groups excluding carboxylic acids is 1. The van der Waals surface area contributed by atoms with Crippen LogP contribution >= 0.6 is 0 Å². The maximum absolute atomic E-state index is 12.9. The van der Waals surface area contributed by atoms with Gasteiger partial charge >= 0.3 is 0 Å². The van der Waals surface area contributed by atoms with Crippen molar-refractivity contribution in [3.8, 4) is 0 Å². The van der Waals surface area contributed by atoms with Crippen LogP contribution in [0.2, 0.25) is 0 Å². The maximum Gasteiger partial charge on any atom is 0.249 e. The minimum Gasteiger partial charge on any atom is -0.381 e. The summed E-state index contributed by atoms with van der Waals surface area (Å²) < 4.78 is 10.9. The monoisotopic (exact) mass is 449 g/mol. The van der Waals surface area contributed by atoms with E-state index in [1.165, 1.54) is 5.69 Å². The van der Waals surface area contributed by atoms with Crippen LogP contribution < -0.4 is 20.0 Å². The fraction of sp³-hybridized carbons (Fsp3) is 0.520. The van der Waals surface area contributed by atoms with Gasteiger partial charge < -0.3 is 29.5 Å². The van der Waals surface area contributed by atoms with E-state index in [0.29, 0.717) is 5.41 Å². The SMILES string of the molecule is CC1C(=O)N(C)c2ccc(Nc3ccc(N4CC5(COC5)C4)cc3)nc2N1C1CCOCC1. The molecule has 2 aromatic rings. The number of carbonyl (C=O) groups is 1. The van der Waals surface area contributed by atoms with Gasteiger partial charge in [-0.2, -0.15) is 0 Å². The number of hydrogen-bond donors (Lipinski definition) is 1. The summed E-state index contributed by atoms with van der Waals surface area (Å²) >= 11 is 0. The van der Waals surface area contributed by atoms with Crippen molar-refractivity contribution in [3.05, 3.63) is 36.4 Å². The summed E-state index contributed by atoms with van der Waals surface area (Å²) in [5.74, 6) is 1.75. The smallest absolute Gasteiger partial charge is 0.249 e. The molecule has 8 nitrogen and oxygen atoms in total. The van der Waals surface area contributed by atoms with Crippen molar-refractivity contribution in [1.82, 2.24) is 4.98 Å². The van der Waals surface area contributed by atoms with Crippen LogP contribution in [-0.4, -0.2) is 69.5 Å². The number of rotatable bonds is 4. The second-order valence-corrected chi connectivity index (χ2v) is 9.88. The Labute approximate surface area is 194 Å². The molecule has 0 saturated carbocycles. The number of amides is 1. The van der Waals surface area contributed by atoms with Crippen molar-refractivity contribution < 1.29 is 14.3 Å². The number of benzene rings is 1. The van der Waals surface area contributed by atoms with Gasteiger partial charge in [0.15, 0.2) is 5.82 Å². The van der Waals surface area contributed by atoms with E-state index in [4.69, 9.17) is 14.5 Å². The van der Waals surface area contributed by atoms with Crippen LogP contribution in [0.1, 0.15) is 19.8 Å². The number of ether oxygens (including phenoxy) is 2. The van der Waals surface area contributed by atoms with Gasteiger partial charge in [0.25, 0.3) is 0 Å².